The summed E-state index contributed by atoms with van der Waals surface area (Å²) in [7, 11) is 0. The number of rotatable bonds is 6. The van der Waals surface area contributed by atoms with E-state index in [1.807, 2.05) is 4.52 Å². The summed E-state index contributed by atoms with van der Waals surface area (Å²) < 4.78 is 1.90. The SMILES string of the molecule is CC(C)(C)c1nnc2sc(CCCCCCN)nn12. The summed E-state index contributed by atoms with van der Waals surface area (Å²) in [5.74, 6) is 0.938. The van der Waals surface area contributed by atoms with Gasteiger partial charge in [-0.2, -0.15) is 9.61 Å². The summed E-state index contributed by atoms with van der Waals surface area (Å²) in [4.78, 5) is 0.905. The average molecular weight is 281 g/mol. The van der Waals surface area contributed by atoms with Crippen LogP contribution in [0.4, 0.5) is 0 Å². The normalized spacial score (nSPS) is 12.4. The van der Waals surface area contributed by atoms with Gasteiger partial charge in [0.25, 0.3) is 0 Å². The lowest BCUT2D eigenvalue weighted by molar-refractivity contribution is 0.526. The van der Waals surface area contributed by atoms with E-state index in [4.69, 9.17) is 5.73 Å². The fourth-order valence-corrected chi connectivity index (χ4v) is 2.87. The Hall–Kier alpha value is -1.01. The Labute approximate surface area is 118 Å². The molecule has 2 aromatic rings. The Morgan fingerprint density at radius 3 is 2.53 bits per heavy atom. The van der Waals surface area contributed by atoms with E-state index in [0.29, 0.717) is 0 Å². The summed E-state index contributed by atoms with van der Waals surface area (Å²) in [6.45, 7) is 7.20. The highest BCUT2D eigenvalue weighted by Gasteiger charge is 2.23. The van der Waals surface area contributed by atoms with E-state index in [9.17, 15) is 0 Å². The molecule has 2 heterocycles. The van der Waals surface area contributed by atoms with Crippen LogP contribution in [0.15, 0.2) is 0 Å². The third-order valence-corrected chi connectivity index (χ3v) is 4.01. The Kier molecular flexibility index (Phi) is 4.52. The standard InChI is InChI=1S/C13H23N5S/c1-13(2,3)11-15-16-12-18(11)17-10(19-12)8-6-4-5-7-9-14/h4-9,14H2,1-3H3. The number of nitrogens with zero attached hydrogens (tertiary/aromatic N) is 4. The minimum Gasteiger partial charge on any atom is -0.330 e. The molecular formula is C13H23N5S. The predicted molar refractivity (Wildman–Crippen MR) is 78.6 cm³/mol. The van der Waals surface area contributed by atoms with Crippen LogP contribution in [-0.4, -0.2) is 26.4 Å². The number of hydrogen-bond donors (Lipinski definition) is 1. The molecule has 2 rings (SSSR count). The molecule has 0 aliphatic heterocycles. The molecule has 0 saturated heterocycles. The molecule has 0 unspecified atom stereocenters. The maximum atomic E-state index is 5.49. The van der Waals surface area contributed by atoms with Gasteiger partial charge in [-0.05, 0) is 19.4 Å². The molecule has 0 aliphatic carbocycles. The molecule has 0 radical (unpaired) electrons. The van der Waals surface area contributed by atoms with Crippen molar-refractivity contribution in [3.8, 4) is 0 Å². The van der Waals surface area contributed by atoms with Crippen molar-refractivity contribution in [2.75, 3.05) is 6.54 Å². The zero-order valence-electron chi connectivity index (χ0n) is 12.0. The fraction of sp³-hybridized carbons (Fsp3) is 0.769. The van der Waals surface area contributed by atoms with Gasteiger partial charge in [0.2, 0.25) is 4.96 Å². The van der Waals surface area contributed by atoms with Crippen molar-refractivity contribution >= 4 is 16.3 Å². The number of aromatic nitrogens is 4. The average Bonchev–Trinajstić information content (AvgIpc) is 2.86. The summed E-state index contributed by atoms with van der Waals surface area (Å²) >= 11 is 1.65. The molecule has 6 heteroatoms. The van der Waals surface area contributed by atoms with Gasteiger partial charge in [-0.1, -0.05) is 44.9 Å². The first-order valence-electron chi connectivity index (χ1n) is 6.94. The minimum absolute atomic E-state index is 0.0219. The maximum Gasteiger partial charge on any atom is 0.234 e. The second-order valence-corrected chi connectivity index (χ2v) is 6.96. The molecule has 0 amide bonds. The van der Waals surface area contributed by atoms with E-state index < -0.39 is 0 Å². The van der Waals surface area contributed by atoms with Gasteiger partial charge >= 0.3 is 0 Å². The molecule has 2 aromatic heterocycles. The Bertz CT molecular complexity index is 523. The van der Waals surface area contributed by atoms with Crippen molar-refractivity contribution in [1.29, 1.82) is 0 Å². The molecule has 19 heavy (non-hydrogen) atoms. The predicted octanol–water partition coefficient (Wildman–Crippen LogP) is 2.54. The van der Waals surface area contributed by atoms with Gasteiger partial charge in [0.1, 0.15) is 5.01 Å². The van der Waals surface area contributed by atoms with E-state index in [1.54, 1.807) is 11.3 Å². The topological polar surface area (TPSA) is 69.1 Å². The van der Waals surface area contributed by atoms with Gasteiger partial charge in [0.05, 0.1) is 0 Å². The molecule has 106 valence electrons. The van der Waals surface area contributed by atoms with Crippen molar-refractivity contribution in [3.63, 3.8) is 0 Å². The lowest BCUT2D eigenvalue weighted by Gasteiger charge is -2.13. The van der Waals surface area contributed by atoms with Gasteiger partial charge in [-0.15, -0.1) is 10.2 Å². The summed E-state index contributed by atoms with van der Waals surface area (Å²) in [5.41, 5.74) is 5.47. The van der Waals surface area contributed by atoms with Crippen LogP contribution in [0.25, 0.3) is 4.96 Å². The second kappa shape index (κ2) is 5.96. The molecule has 0 aliphatic rings. The molecule has 0 atom stereocenters. The first kappa shape index (κ1) is 14.4. The maximum absolute atomic E-state index is 5.49. The lowest BCUT2D eigenvalue weighted by Crippen LogP contribution is -2.16. The molecule has 0 fully saturated rings. The van der Waals surface area contributed by atoms with E-state index in [0.717, 1.165) is 35.2 Å². The highest BCUT2D eigenvalue weighted by molar-refractivity contribution is 7.16. The quantitative estimate of drug-likeness (QED) is 0.826. The number of unbranched alkanes of at least 4 members (excludes halogenated alkanes) is 3. The van der Waals surface area contributed by atoms with Gasteiger partial charge in [-0.3, -0.25) is 0 Å². The Balaban J connectivity index is 2.00. The monoisotopic (exact) mass is 281 g/mol. The molecular weight excluding hydrogens is 258 g/mol. The zero-order valence-corrected chi connectivity index (χ0v) is 12.8. The Morgan fingerprint density at radius 1 is 1.11 bits per heavy atom. The van der Waals surface area contributed by atoms with Crippen LogP contribution in [0, 0.1) is 0 Å². The van der Waals surface area contributed by atoms with Crippen LogP contribution in [0.5, 0.6) is 0 Å². The van der Waals surface area contributed by atoms with Crippen molar-refractivity contribution in [1.82, 2.24) is 19.8 Å². The van der Waals surface area contributed by atoms with E-state index >= 15 is 0 Å². The third-order valence-electron chi connectivity index (χ3n) is 3.05. The largest absolute Gasteiger partial charge is 0.330 e. The minimum atomic E-state index is -0.0219. The van der Waals surface area contributed by atoms with Crippen LogP contribution in [0.1, 0.15) is 57.3 Å². The van der Waals surface area contributed by atoms with Crippen LogP contribution in [0.3, 0.4) is 0 Å². The molecule has 0 saturated carbocycles. The van der Waals surface area contributed by atoms with Crippen LogP contribution >= 0.6 is 11.3 Å². The second-order valence-electron chi connectivity index (χ2n) is 5.92. The molecule has 5 nitrogen and oxygen atoms in total. The first-order chi connectivity index (χ1) is 9.02. The van der Waals surface area contributed by atoms with Gasteiger partial charge in [0, 0.05) is 11.8 Å². The molecule has 0 bridgehead atoms. The smallest absolute Gasteiger partial charge is 0.234 e. The number of fused-ring (bicyclic) bond motifs is 1. The van der Waals surface area contributed by atoms with E-state index in [-0.39, 0.29) is 5.41 Å². The third kappa shape index (κ3) is 3.51. The zero-order chi connectivity index (χ0) is 13.9. The highest BCUT2D eigenvalue weighted by Crippen LogP contribution is 2.23. The van der Waals surface area contributed by atoms with Gasteiger partial charge < -0.3 is 5.73 Å². The van der Waals surface area contributed by atoms with Gasteiger partial charge in [-0.25, -0.2) is 0 Å². The van der Waals surface area contributed by atoms with Crippen LogP contribution in [-0.2, 0) is 11.8 Å². The van der Waals surface area contributed by atoms with Gasteiger partial charge in [0.15, 0.2) is 5.82 Å². The number of nitrogens with two attached hydrogens (primary N) is 1. The van der Waals surface area contributed by atoms with Crippen molar-refractivity contribution in [2.45, 2.75) is 58.3 Å². The van der Waals surface area contributed by atoms with Crippen LogP contribution < -0.4 is 5.73 Å². The van der Waals surface area contributed by atoms with Crippen LogP contribution in [0.2, 0.25) is 0 Å². The number of aryl methyl sites for hydroxylation is 1. The summed E-state index contributed by atoms with van der Waals surface area (Å²) in [6.07, 6.45) is 5.77. The first-order valence-corrected chi connectivity index (χ1v) is 7.75. The van der Waals surface area contributed by atoms with Crippen molar-refractivity contribution < 1.29 is 0 Å². The Morgan fingerprint density at radius 2 is 1.84 bits per heavy atom. The fourth-order valence-electron chi connectivity index (χ4n) is 2.00. The summed E-state index contributed by atoms with van der Waals surface area (Å²) in [5, 5.41) is 14.2. The van der Waals surface area contributed by atoms with Crippen molar-refractivity contribution in [2.24, 2.45) is 5.73 Å². The summed E-state index contributed by atoms with van der Waals surface area (Å²) in [6, 6.07) is 0. The van der Waals surface area contributed by atoms with E-state index in [1.165, 1.54) is 19.3 Å². The molecule has 2 N–H and O–H groups in total. The van der Waals surface area contributed by atoms with E-state index in [2.05, 4.69) is 36.1 Å². The number of hydrogen-bond acceptors (Lipinski definition) is 5. The molecule has 0 aromatic carbocycles. The lowest BCUT2D eigenvalue weighted by atomic mass is 9.96. The van der Waals surface area contributed by atoms with Crippen molar-refractivity contribution in [3.05, 3.63) is 10.8 Å². The highest BCUT2D eigenvalue weighted by atomic mass is 32.1. The molecule has 0 spiro atoms.